The van der Waals surface area contributed by atoms with Crippen molar-refractivity contribution in [2.24, 2.45) is 0 Å². The Kier molecular flexibility index (Phi) is 5.44. The Labute approximate surface area is 104 Å². The van der Waals surface area contributed by atoms with Crippen molar-refractivity contribution in [2.75, 3.05) is 0 Å². The molecule has 0 aromatic heterocycles. The molecule has 0 fully saturated rings. The normalized spacial score (nSPS) is 10.8. The topological polar surface area (TPSA) is 9.23 Å². The molecule has 0 saturated carbocycles. The second-order valence-electron chi connectivity index (χ2n) is 4.03. The molecule has 0 aliphatic rings. The van der Waals surface area contributed by atoms with Crippen molar-refractivity contribution >= 4 is 0 Å². The van der Waals surface area contributed by atoms with E-state index >= 15 is 0 Å². The summed E-state index contributed by atoms with van der Waals surface area (Å²) in [6.45, 7) is 12.0. The first-order valence-corrected chi connectivity index (χ1v) is 5.79. The van der Waals surface area contributed by atoms with Crippen LogP contribution in [0.3, 0.4) is 0 Å². The molecule has 90 valence electrons. The van der Waals surface area contributed by atoms with Crippen molar-refractivity contribution in [1.82, 2.24) is 0 Å². The molecule has 0 amide bonds. The summed E-state index contributed by atoms with van der Waals surface area (Å²) in [5.41, 5.74) is 0.783. The molecule has 1 aromatic carbocycles. The van der Waals surface area contributed by atoms with Crippen molar-refractivity contribution in [2.45, 2.75) is 25.0 Å². The van der Waals surface area contributed by atoms with E-state index in [9.17, 15) is 0 Å². The van der Waals surface area contributed by atoms with Gasteiger partial charge < -0.3 is 4.74 Å². The lowest BCUT2D eigenvalue weighted by molar-refractivity contribution is -0.0158. The van der Waals surface area contributed by atoms with Gasteiger partial charge in [-0.3, -0.25) is 0 Å². The van der Waals surface area contributed by atoms with Crippen LogP contribution in [0.4, 0.5) is 0 Å². The molecule has 17 heavy (non-hydrogen) atoms. The first-order valence-electron chi connectivity index (χ1n) is 5.79. The predicted octanol–water partition coefficient (Wildman–Crippen LogP) is 4.28. The summed E-state index contributed by atoms with van der Waals surface area (Å²) < 4.78 is 5.99. The Morgan fingerprint density at radius 3 is 2.06 bits per heavy atom. The molecular formula is C16H20O. The highest BCUT2D eigenvalue weighted by atomic mass is 16.5. The SMILES string of the molecule is C=CCC(C=C)(CC=C)OCc1ccccc1. The van der Waals surface area contributed by atoms with Gasteiger partial charge in [-0.25, -0.2) is 0 Å². The fourth-order valence-corrected chi connectivity index (χ4v) is 1.72. The molecule has 0 saturated heterocycles. The third-order valence-corrected chi connectivity index (χ3v) is 2.72. The fourth-order valence-electron chi connectivity index (χ4n) is 1.72. The van der Waals surface area contributed by atoms with Gasteiger partial charge in [0.05, 0.1) is 12.2 Å². The van der Waals surface area contributed by atoms with Crippen molar-refractivity contribution in [3.63, 3.8) is 0 Å². The monoisotopic (exact) mass is 228 g/mol. The number of hydrogen-bond acceptors (Lipinski definition) is 1. The number of ether oxygens (including phenoxy) is 1. The zero-order valence-corrected chi connectivity index (χ0v) is 10.3. The third-order valence-electron chi connectivity index (χ3n) is 2.72. The average Bonchev–Trinajstić information content (AvgIpc) is 2.38. The predicted molar refractivity (Wildman–Crippen MR) is 73.8 cm³/mol. The Morgan fingerprint density at radius 2 is 1.59 bits per heavy atom. The molecule has 1 rings (SSSR count). The summed E-state index contributed by atoms with van der Waals surface area (Å²) in [6, 6.07) is 10.1. The summed E-state index contributed by atoms with van der Waals surface area (Å²) in [4.78, 5) is 0. The minimum atomic E-state index is -0.376. The lowest BCUT2D eigenvalue weighted by Gasteiger charge is -2.28. The minimum Gasteiger partial charge on any atom is -0.366 e. The van der Waals surface area contributed by atoms with Crippen molar-refractivity contribution < 1.29 is 4.74 Å². The maximum atomic E-state index is 5.99. The molecular weight excluding hydrogens is 208 g/mol. The Bertz CT molecular complexity index is 354. The van der Waals surface area contributed by atoms with Crippen molar-refractivity contribution in [3.8, 4) is 0 Å². The van der Waals surface area contributed by atoms with Gasteiger partial charge in [0.25, 0.3) is 0 Å². The van der Waals surface area contributed by atoms with E-state index in [0.717, 1.165) is 18.4 Å². The van der Waals surface area contributed by atoms with Crippen LogP contribution < -0.4 is 0 Å². The van der Waals surface area contributed by atoms with Gasteiger partial charge in [-0.15, -0.1) is 19.7 Å². The highest BCUT2D eigenvalue weighted by molar-refractivity contribution is 5.14. The Hall–Kier alpha value is -1.60. The van der Waals surface area contributed by atoms with Crippen LogP contribution in [0, 0.1) is 0 Å². The van der Waals surface area contributed by atoms with E-state index in [4.69, 9.17) is 4.74 Å². The lowest BCUT2D eigenvalue weighted by atomic mass is 9.95. The Balaban J connectivity index is 2.69. The van der Waals surface area contributed by atoms with Crippen LogP contribution in [0.1, 0.15) is 18.4 Å². The van der Waals surface area contributed by atoms with Crippen LogP contribution in [0.5, 0.6) is 0 Å². The van der Waals surface area contributed by atoms with Crippen LogP contribution in [-0.2, 0) is 11.3 Å². The molecule has 0 bridgehead atoms. The largest absolute Gasteiger partial charge is 0.366 e. The molecule has 1 heteroatoms. The van der Waals surface area contributed by atoms with Crippen LogP contribution in [0.25, 0.3) is 0 Å². The van der Waals surface area contributed by atoms with Gasteiger partial charge in [-0.1, -0.05) is 48.6 Å². The highest BCUT2D eigenvalue weighted by Gasteiger charge is 2.24. The summed E-state index contributed by atoms with van der Waals surface area (Å²) in [7, 11) is 0. The first kappa shape index (κ1) is 13.5. The highest BCUT2D eigenvalue weighted by Crippen LogP contribution is 2.24. The summed E-state index contributed by atoms with van der Waals surface area (Å²) in [5.74, 6) is 0. The molecule has 0 spiro atoms. The van der Waals surface area contributed by atoms with E-state index < -0.39 is 0 Å². The van der Waals surface area contributed by atoms with E-state index in [1.807, 2.05) is 36.4 Å². The third kappa shape index (κ3) is 4.04. The number of hydrogen-bond donors (Lipinski definition) is 0. The average molecular weight is 228 g/mol. The fraction of sp³-hybridized carbons (Fsp3) is 0.250. The molecule has 1 aromatic rings. The first-order chi connectivity index (χ1) is 8.26. The van der Waals surface area contributed by atoms with E-state index in [2.05, 4.69) is 31.9 Å². The van der Waals surface area contributed by atoms with Crippen molar-refractivity contribution in [1.29, 1.82) is 0 Å². The molecule has 0 aliphatic carbocycles. The second-order valence-corrected chi connectivity index (χ2v) is 4.03. The van der Waals surface area contributed by atoms with Crippen LogP contribution in [0.2, 0.25) is 0 Å². The lowest BCUT2D eigenvalue weighted by Crippen LogP contribution is -2.28. The van der Waals surface area contributed by atoms with Gasteiger partial charge in [0.15, 0.2) is 0 Å². The quantitative estimate of drug-likeness (QED) is 0.603. The summed E-state index contributed by atoms with van der Waals surface area (Å²) in [5, 5.41) is 0. The number of rotatable bonds is 8. The molecule has 0 heterocycles. The maximum absolute atomic E-state index is 5.99. The molecule has 0 unspecified atom stereocenters. The summed E-state index contributed by atoms with van der Waals surface area (Å²) >= 11 is 0. The zero-order valence-electron chi connectivity index (χ0n) is 10.3. The van der Waals surface area contributed by atoms with Gasteiger partial charge in [0, 0.05) is 0 Å². The van der Waals surface area contributed by atoms with E-state index in [-0.39, 0.29) is 5.60 Å². The molecule has 0 aliphatic heterocycles. The molecule has 0 radical (unpaired) electrons. The smallest absolute Gasteiger partial charge is 0.0932 e. The van der Waals surface area contributed by atoms with Gasteiger partial charge in [-0.05, 0) is 18.4 Å². The number of benzene rings is 1. The van der Waals surface area contributed by atoms with Crippen LogP contribution in [-0.4, -0.2) is 5.60 Å². The second kappa shape index (κ2) is 6.87. The molecule has 0 atom stereocenters. The van der Waals surface area contributed by atoms with Crippen LogP contribution >= 0.6 is 0 Å². The van der Waals surface area contributed by atoms with Gasteiger partial charge in [0.2, 0.25) is 0 Å². The van der Waals surface area contributed by atoms with E-state index in [1.165, 1.54) is 0 Å². The summed E-state index contributed by atoms with van der Waals surface area (Å²) in [6.07, 6.45) is 7.05. The van der Waals surface area contributed by atoms with E-state index in [1.54, 1.807) is 0 Å². The standard InChI is InChI=1S/C16H20O/c1-4-12-16(6-3,13-5-2)17-14-15-10-8-7-9-11-15/h4-11H,1-3,12-14H2. The van der Waals surface area contributed by atoms with E-state index in [0.29, 0.717) is 6.61 Å². The maximum Gasteiger partial charge on any atom is 0.0932 e. The van der Waals surface area contributed by atoms with Gasteiger partial charge >= 0.3 is 0 Å². The Morgan fingerprint density at radius 1 is 1.00 bits per heavy atom. The molecule has 1 nitrogen and oxygen atoms in total. The van der Waals surface area contributed by atoms with Gasteiger partial charge in [-0.2, -0.15) is 0 Å². The van der Waals surface area contributed by atoms with Crippen LogP contribution in [0.15, 0.2) is 68.3 Å². The van der Waals surface area contributed by atoms with Gasteiger partial charge in [0.1, 0.15) is 0 Å². The minimum absolute atomic E-state index is 0.376. The van der Waals surface area contributed by atoms with Crippen molar-refractivity contribution in [3.05, 3.63) is 73.9 Å². The molecule has 0 N–H and O–H groups in total. The zero-order chi connectivity index (χ0) is 12.6.